The number of carbonyl (C=O) groups is 4. The Hall–Kier alpha value is -3.73. The summed E-state index contributed by atoms with van der Waals surface area (Å²) in [6.07, 6.45) is -1.04. The maximum Gasteiger partial charge on any atom is 0.425 e. The number of likely N-dealkylation sites (N-methyl/N-ethyl adjacent to an activating group) is 1. The first-order valence-electron chi connectivity index (χ1n) is 20.7. The molecule has 1 unspecified atom stereocenters. The third-order valence-electron chi connectivity index (χ3n) is 12.6. The van der Waals surface area contributed by atoms with E-state index in [1.807, 2.05) is 63.2 Å². The number of esters is 1. The average molecular weight is 812 g/mol. The number of aromatic nitrogens is 1. The molecule has 13 atom stereocenters. The highest BCUT2D eigenvalue weighted by molar-refractivity contribution is 6.00. The summed E-state index contributed by atoms with van der Waals surface area (Å²) in [5.41, 5.74) is 2.55. The largest absolute Gasteiger partial charge is 0.458 e. The van der Waals surface area contributed by atoms with Gasteiger partial charge in [-0.05, 0) is 98.5 Å². The summed E-state index contributed by atoms with van der Waals surface area (Å²) in [5.74, 6) is -4.70. The lowest BCUT2D eigenvalue weighted by Gasteiger charge is -2.46. The number of nitrogens with one attached hydrogen (secondary N) is 2. The number of amides is 2. The molecule has 2 aromatic rings. The van der Waals surface area contributed by atoms with Crippen molar-refractivity contribution in [2.75, 3.05) is 27.7 Å². The minimum absolute atomic E-state index is 0.180. The van der Waals surface area contributed by atoms with Crippen LogP contribution in [0.5, 0.6) is 0 Å². The van der Waals surface area contributed by atoms with Gasteiger partial charge in [0.05, 0.1) is 29.2 Å². The van der Waals surface area contributed by atoms with Gasteiger partial charge < -0.3 is 39.0 Å². The van der Waals surface area contributed by atoms with Crippen LogP contribution in [0.3, 0.4) is 0 Å². The number of hydrogen-bond donors (Lipinski definition) is 3. The van der Waals surface area contributed by atoms with Gasteiger partial charge >= 0.3 is 12.1 Å². The number of hydrazine groups is 1. The molecule has 2 amide bonds. The zero-order chi connectivity index (χ0) is 42.7. The number of ketones is 1. The Bertz CT molecular complexity index is 1770. The summed E-state index contributed by atoms with van der Waals surface area (Å²) in [6.45, 7) is 14.2. The molecule has 322 valence electrons. The number of fused-ring (bicyclic) bond motifs is 2. The Morgan fingerprint density at radius 1 is 1.05 bits per heavy atom. The van der Waals surface area contributed by atoms with Gasteiger partial charge in [-0.25, -0.2) is 15.2 Å². The highest BCUT2D eigenvalue weighted by Gasteiger charge is 2.60. The molecule has 1 aromatic carbocycles. The normalized spacial score (nSPS) is 36.8. The Labute approximate surface area is 342 Å². The van der Waals surface area contributed by atoms with Crippen molar-refractivity contribution < 1.29 is 48.0 Å². The van der Waals surface area contributed by atoms with Gasteiger partial charge in [0.1, 0.15) is 24.2 Å². The van der Waals surface area contributed by atoms with E-state index in [0.717, 1.165) is 16.5 Å². The van der Waals surface area contributed by atoms with Crippen molar-refractivity contribution in [3.63, 3.8) is 0 Å². The second kappa shape index (κ2) is 18.7. The molecule has 15 heteroatoms. The number of aliphatic hydroxyl groups excluding tert-OH is 1. The number of para-hydroxylation sites is 1. The number of benzene rings is 1. The van der Waals surface area contributed by atoms with Crippen LogP contribution in [0.25, 0.3) is 10.9 Å². The second-order valence-electron chi connectivity index (χ2n) is 17.2. The van der Waals surface area contributed by atoms with Crippen LogP contribution >= 0.6 is 0 Å². The van der Waals surface area contributed by atoms with Crippen LogP contribution in [-0.4, -0.2) is 132 Å². The summed E-state index contributed by atoms with van der Waals surface area (Å²) in [5, 5.41) is 17.0. The Morgan fingerprint density at radius 2 is 1.76 bits per heavy atom. The van der Waals surface area contributed by atoms with Crippen LogP contribution in [-0.2, 0) is 44.5 Å². The van der Waals surface area contributed by atoms with E-state index in [1.54, 1.807) is 40.8 Å². The van der Waals surface area contributed by atoms with E-state index in [0.29, 0.717) is 25.8 Å². The van der Waals surface area contributed by atoms with E-state index in [9.17, 15) is 24.3 Å². The number of cyclic esters (lactones) is 1. The van der Waals surface area contributed by atoms with Crippen molar-refractivity contribution in [1.29, 1.82) is 0 Å². The van der Waals surface area contributed by atoms with Gasteiger partial charge in [-0.2, -0.15) is 0 Å². The second-order valence-corrected chi connectivity index (χ2v) is 17.2. The molecule has 3 aliphatic heterocycles. The zero-order valence-corrected chi connectivity index (χ0v) is 36.0. The fourth-order valence-electron chi connectivity index (χ4n) is 9.25. The summed E-state index contributed by atoms with van der Waals surface area (Å²) in [4.78, 5) is 62.8. The standard InChI is InChI=1S/C43H65N5O10/c1-12-33-43(8)36(48(41(53)58-43)45-20-15-16-29-19-21-44-31-18-14-13-17-30(29)31)28(6)38(51)46-24(2)23-42(7,54-11)37(26(4)34(49)27(5)39(52)56-33)57-40-35(50)32(47(9)10)22-25(3)55-40/h13-14,17-19,21,24-28,32-33,35-37,40,45,50H,12,15-16,20,22-23H2,1-11H3,(H,46,51)/t24-,25-,26+,27-,28?,32+,33+,35-,36-,37+,40+,42+,43-/m1/s1. The van der Waals surface area contributed by atoms with Crippen molar-refractivity contribution in [1.82, 2.24) is 25.6 Å². The predicted molar refractivity (Wildman–Crippen MR) is 216 cm³/mol. The SMILES string of the molecule is CC[C@@H]1OC(=O)[C@H](C)C(=O)[C@H](C)[C@H](O[C@@H]2O[C@H](C)C[C@H](N(C)C)[C@H]2O)[C@@](C)(OC)C[C@@H](C)NC(=O)C(C)[C@H]2N(NCCCc3ccnc4ccccc34)C(=O)O[C@]12C. The first kappa shape index (κ1) is 45.4. The third kappa shape index (κ3) is 9.34. The summed E-state index contributed by atoms with van der Waals surface area (Å²) >= 11 is 0. The number of aryl methyl sites for hydroxylation is 1. The molecule has 58 heavy (non-hydrogen) atoms. The number of Topliss-reactive ketones (excluding diaryl/α,β-unsaturated/α-hetero) is 1. The van der Waals surface area contributed by atoms with Crippen LogP contribution in [0.15, 0.2) is 36.5 Å². The molecule has 0 radical (unpaired) electrons. The molecule has 0 spiro atoms. The van der Waals surface area contributed by atoms with Crippen LogP contribution in [0.2, 0.25) is 0 Å². The molecule has 3 saturated heterocycles. The summed E-state index contributed by atoms with van der Waals surface area (Å²) < 4.78 is 31.1. The lowest BCUT2D eigenvalue weighted by atomic mass is 9.79. The van der Waals surface area contributed by atoms with Crippen LogP contribution < -0.4 is 10.7 Å². The predicted octanol–water partition coefficient (Wildman–Crippen LogP) is 4.18. The van der Waals surface area contributed by atoms with E-state index in [2.05, 4.69) is 15.7 Å². The quantitative estimate of drug-likeness (QED) is 0.177. The fraction of sp³-hybridized carbons (Fsp3) is 0.698. The minimum Gasteiger partial charge on any atom is -0.458 e. The molecule has 4 heterocycles. The van der Waals surface area contributed by atoms with Crippen LogP contribution in [0.1, 0.15) is 86.6 Å². The maximum atomic E-state index is 14.4. The summed E-state index contributed by atoms with van der Waals surface area (Å²) in [6, 6.07) is 8.20. The van der Waals surface area contributed by atoms with Gasteiger partial charge in [-0.3, -0.25) is 19.4 Å². The molecule has 15 nitrogen and oxygen atoms in total. The molecule has 1 aromatic heterocycles. The average Bonchev–Trinajstić information content (AvgIpc) is 3.45. The Balaban J connectivity index is 1.44. The van der Waals surface area contributed by atoms with Crippen LogP contribution in [0.4, 0.5) is 4.79 Å². The van der Waals surface area contributed by atoms with Crippen molar-refractivity contribution in [2.24, 2.45) is 17.8 Å². The van der Waals surface area contributed by atoms with Crippen molar-refractivity contribution in [2.45, 2.75) is 148 Å². The van der Waals surface area contributed by atoms with E-state index in [-0.39, 0.29) is 30.9 Å². The number of ether oxygens (including phenoxy) is 5. The number of carbonyl (C=O) groups excluding carboxylic acids is 4. The number of rotatable bonds is 10. The molecule has 0 saturated carbocycles. The first-order valence-corrected chi connectivity index (χ1v) is 20.7. The van der Waals surface area contributed by atoms with Crippen LogP contribution in [0, 0.1) is 17.8 Å². The first-order chi connectivity index (χ1) is 27.4. The van der Waals surface area contributed by atoms with Gasteiger partial charge in [0.2, 0.25) is 5.91 Å². The van der Waals surface area contributed by atoms with Crippen molar-refractivity contribution in [3.05, 3.63) is 42.1 Å². The molecule has 3 N–H and O–H groups in total. The number of hydrogen-bond acceptors (Lipinski definition) is 13. The maximum absolute atomic E-state index is 14.4. The van der Waals surface area contributed by atoms with E-state index < -0.39 is 83.5 Å². The lowest BCUT2D eigenvalue weighted by Crippen LogP contribution is -2.61. The molecule has 5 rings (SSSR count). The van der Waals surface area contributed by atoms with E-state index in [4.69, 9.17) is 23.7 Å². The summed E-state index contributed by atoms with van der Waals surface area (Å²) in [7, 11) is 5.24. The van der Waals surface area contributed by atoms with Gasteiger partial charge in [0.25, 0.3) is 0 Å². The zero-order valence-electron chi connectivity index (χ0n) is 36.0. The number of methoxy groups -OCH3 is 1. The lowest BCUT2D eigenvalue weighted by molar-refractivity contribution is -0.295. The fourth-order valence-corrected chi connectivity index (χ4v) is 9.25. The van der Waals surface area contributed by atoms with Gasteiger partial charge in [0.15, 0.2) is 17.7 Å². The van der Waals surface area contributed by atoms with E-state index >= 15 is 0 Å². The molecule has 0 bridgehead atoms. The molecule has 0 aliphatic carbocycles. The molecule has 3 fully saturated rings. The third-order valence-corrected chi connectivity index (χ3v) is 12.6. The number of aliphatic hydroxyl groups is 1. The van der Waals surface area contributed by atoms with Gasteiger partial charge in [0, 0.05) is 43.2 Å². The molecule has 3 aliphatic rings. The van der Waals surface area contributed by atoms with E-state index in [1.165, 1.54) is 19.0 Å². The van der Waals surface area contributed by atoms with Gasteiger partial charge in [-0.15, -0.1) is 0 Å². The number of nitrogens with zero attached hydrogens (tertiary/aromatic N) is 3. The topological polar surface area (TPSA) is 178 Å². The smallest absolute Gasteiger partial charge is 0.425 e. The monoisotopic (exact) mass is 811 g/mol. The Kier molecular flexibility index (Phi) is 14.6. The van der Waals surface area contributed by atoms with Crippen molar-refractivity contribution in [3.8, 4) is 0 Å². The molecular weight excluding hydrogens is 746 g/mol. The molecular formula is C43H65N5O10. The minimum atomic E-state index is -1.48. The van der Waals surface area contributed by atoms with Crippen molar-refractivity contribution >= 4 is 34.7 Å². The Morgan fingerprint density at radius 3 is 2.43 bits per heavy atom. The highest BCUT2D eigenvalue weighted by atomic mass is 16.7. The number of pyridine rings is 1. The van der Waals surface area contributed by atoms with Gasteiger partial charge in [-0.1, -0.05) is 39.0 Å². The highest BCUT2D eigenvalue weighted by Crippen LogP contribution is 2.40.